The zero-order valence-corrected chi connectivity index (χ0v) is 16.0. The molecule has 6 nitrogen and oxygen atoms in total. The molecule has 0 aliphatic carbocycles. The minimum atomic E-state index is 0.155. The van der Waals surface area contributed by atoms with Gasteiger partial charge in [0.1, 0.15) is 0 Å². The fourth-order valence-corrected chi connectivity index (χ4v) is 4.31. The number of halogens is 1. The molecule has 0 unspecified atom stereocenters. The van der Waals surface area contributed by atoms with Gasteiger partial charge < -0.3 is 10.5 Å². The lowest BCUT2D eigenvalue weighted by molar-refractivity contribution is 0.103. The van der Waals surface area contributed by atoms with Crippen molar-refractivity contribution in [2.24, 2.45) is 0 Å². The Morgan fingerprint density at radius 3 is 2.93 bits per heavy atom. The molecular weight excluding hydrogens is 382 g/mol. The van der Waals surface area contributed by atoms with Gasteiger partial charge in [-0.2, -0.15) is 15.2 Å². The van der Waals surface area contributed by atoms with E-state index in [4.69, 9.17) is 27.3 Å². The molecule has 1 aliphatic heterocycles. The van der Waals surface area contributed by atoms with Crippen molar-refractivity contribution in [2.45, 2.75) is 31.2 Å². The third-order valence-corrected chi connectivity index (χ3v) is 5.55. The molecular formula is C19H16ClN5OS. The number of nitriles is 1. The highest BCUT2D eigenvalue weighted by molar-refractivity contribution is 7.99. The number of rotatable bonds is 5. The van der Waals surface area contributed by atoms with E-state index in [0.29, 0.717) is 35.6 Å². The van der Waals surface area contributed by atoms with Crippen LogP contribution in [0, 0.1) is 11.3 Å². The monoisotopic (exact) mass is 397 g/mol. The number of benzene rings is 2. The topological polar surface area (TPSA) is 97.7 Å². The first-order valence-corrected chi connectivity index (χ1v) is 9.86. The first-order valence-electron chi connectivity index (χ1n) is 8.50. The van der Waals surface area contributed by atoms with Crippen LogP contribution in [0.15, 0.2) is 29.4 Å². The minimum absolute atomic E-state index is 0.155. The average molecular weight is 398 g/mol. The maximum absolute atomic E-state index is 8.66. The normalized spacial score (nSPS) is 12.9. The zero-order chi connectivity index (χ0) is 18.8. The molecule has 2 aromatic carbocycles. The summed E-state index contributed by atoms with van der Waals surface area (Å²) in [6.07, 6.45) is 1.27. The van der Waals surface area contributed by atoms with Gasteiger partial charge in [0.2, 0.25) is 5.95 Å². The van der Waals surface area contributed by atoms with Gasteiger partial charge in [0.25, 0.3) is 0 Å². The fourth-order valence-electron chi connectivity index (χ4n) is 3.21. The molecule has 0 amide bonds. The maximum atomic E-state index is 8.66. The predicted molar refractivity (Wildman–Crippen MR) is 106 cm³/mol. The molecule has 3 aromatic rings. The summed E-state index contributed by atoms with van der Waals surface area (Å²) in [6, 6.07) is 10.1. The van der Waals surface area contributed by atoms with E-state index in [0.717, 1.165) is 39.6 Å². The molecule has 8 heteroatoms. The van der Waals surface area contributed by atoms with Crippen LogP contribution < -0.4 is 5.73 Å². The number of anilines is 1. The molecule has 136 valence electrons. The van der Waals surface area contributed by atoms with E-state index >= 15 is 0 Å². The molecule has 1 aromatic heterocycles. The number of hydrogen-bond donors (Lipinski definition) is 1. The Kier molecular flexibility index (Phi) is 5.12. The van der Waals surface area contributed by atoms with Crippen molar-refractivity contribution < 1.29 is 4.74 Å². The average Bonchev–Trinajstić information content (AvgIpc) is 2.65. The third kappa shape index (κ3) is 3.56. The second kappa shape index (κ2) is 7.69. The Hall–Kier alpha value is -2.40. The highest BCUT2D eigenvalue weighted by Crippen LogP contribution is 2.39. The summed E-state index contributed by atoms with van der Waals surface area (Å²) in [5.74, 6) is 1.36. The molecule has 2 N–H and O–H groups in total. The first kappa shape index (κ1) is 18.0. The van der Waals surface area contributed by atoms with E-state index in [1.54, 1.807) is 0 Å². The lowest BCUT2D eigenvalue weighted by Gasteiger charge is -2.20. The van der Waals surface area contributed by atoms with Crippen LogP contribution in [-0.2, 0) is 18.0 Å². The molecule has 0 spiro atoms. The van der Waals surface area contributed by atoms with Crippen molar-refractivity contribution in [3.05, 3.63) is 40.4 Å². The molecule has 0 saturated carbocycles. The van der Waals surface area contributed by atoms with Gasteiger partial charge in [-0.3, -0.25) is 0 Å². The molecule has 0 fully saturated rings. The number of nitrogens with two attached hydrogens (primary N) is 1. The van der Waals surface area contributed by atoms with E-state index in [2.05, 4.69) is 27.1 Å². The highest BCUT2D eigenvalue weighted by Gasteiger charge is 2.20. The van der Waals surface area contributed by atoms with Crippen molar-refractivity contribution in [3.8, 4) is 17.5 Å². The number of ether oxygens (including phenoxy) is 1. The molecule has 2 heterocycles. The van der Waals surface area contributed by atoms with Crippen molar-refractivity contribution >= 4 is 40.1 Å². The van der Waals surface area contributed by atoms with Crippen LogP contribution in [0.5, 0.6) is 0 Å². The van der Waals surface area contributed by atoms with Gasteiger partial charge in [0.15, 0.2) is 11.0 Å². The molecule has 0 bridgehead atoms. The van der Waals surface area contributed by atoms with Crippen molar-refractivity contribution in [1.82, 2.24) is 15.0 Å². The quantitative estimate of drug-likeness (QED) is 0.504. The van der Waals surface area contributed by atoms with Crippen molar-refractivity contribution in [3.63, 3.8) is 0 Å². The highest BCUT2D eigenvalue weighted by atomic mass is 35.5. The SMILES string of the molecule is N#CCCCSc1nc(N)nc(-c2c(Cl)cc3c4c(cccc24)COC3)n1. The third-order valence-electron chi connectivity index (χ3n) is 4.32. The van der Waals surface area contributed by atoms with Gasteiger partial charge in [-0.15, -0.1) is 0 Å². The summed E-state index contributed by atoms with van der Waals surface area (Å²) >= 11 is 8.07. The number of nitrogens with zero attached hydrogens (tertiary/aromatic N) is 4. The number of hydrogen-bond acceptors (Lipinski definition) is 7. The second-order valence-electron chi connectivity index (χ2n) is 6.13. The Labute approximate surface area is 165 Å². The molecule has 1 aliphatic rings. The van der Waals surface area contributed by atoms with Crippen LogP contribution in [0.4, 0.5) is 5.95 Å². The fraction of sp³-hybridized carbons (Fsp3) is 0.263. The summed E-state index contributed by atoms with van der Waals surface area (Å²) in [6.45, 7) is 1.11. The Morgan fingerprint density at radius 1 is 1.22 bits per heavy atom. The number of nitrogen functional groups attached to an aromatic ring is 1. The van der Waals surface area contributed by atoms with Crippen LogP contribution >= 0.6 is 23.4 Å². The van der Waals surface area contributed by atoms with Crippen molar-refractivity contribution in [1.29, 1.82) is 5.26 Å². The molecule has 0 radical (unpaired) electrons. The first-order chi connectivity index (χ1) is 13.2. The van der Waals surface area contributed by atoms with E-state index < -0.39 is 0 Å². The van der Waals surface area contributed by atoms with Gasteiger partial charge in [-0.05, 0) is 34.4 Å². The van der Waals surface area contributed by atoms with Gasteiger partial charge in [-0.25, -0.2) is 4.98 Å². The van der Waals surface area contributed by atoms with Crippen LogP contribution in [0.2, 0.25) is 5.02 Å². The molecule has 27 heavy (non-hydrogen) atoms. The summed E-state index contributed by atoms with van der Waals surface area (Å²) in [5.41, 5.74) is 8.87. The van der Waals surface area contributed by atoms with Gasteiger partial charge >= 0.3 is 0 Å². The lowest BCUT2D eigenvalue weighted by Crippen LogP contribution is -2.06. The number of thioether (sulfide) groups is 1. The molecule has 0 atom stereocenters. The Morgan fingerprint density at radius 2 is 2.07 bits per heavy atom. The van der Waals surface area contributed by atoms with E-state index in [1.807, 2.05) is 18.2 Å². The van der Waals surface area contributed by atoms with Gasteiger partial charge in [-0.1, -0.05) is 41.6 Å². The minimum Gasteiger partial charge on any atom is -0.372 e. The maximum Gasteiger partial charge on any atom is 0.224 e. The van der Waals surface area contributed by atoms with Crippen LogP contribution in [-0.4, -0.2) is 20.7 Å². The van der Waals surface area contributed by atoms with Gasteiger partial charge in [0.05, 0.1) is 24.3 Å². The van der Waals surface area contributed by atoms with Crippen LogP contribution in [0.3, 0.4) is 0 Å². The van der Waals surface area contributed by atoms with E-state index in [1.165, 1.54) is 11.8 Å². The number of aromatic nitrogens is 3. The van der Waals surface area contributed by atoms with Crippen molar-refractivity contribution in [2.75, 3.05) is 11.5 Å². The Balaban J connectivity index is 1.81. The molecule has 4 rings (SSSR count). The van der Waals surface area contributed by atoms with Gasteiger partial charge in [0, 0.05) is 17.7 Å². The summed E-state index contributed by atoms with van der Waals surface area (Å²) in [4.78, 5) is 13.1. The predicted octanol–water partition coefficient (Wildman–Crippen LogP) is 4.35. The summed E-state index contributed by atoms with van der Waals surface area (Å²) < 4.78 is 5.64. The largest absolute Gasteiger partial charge is 0.372 e. The summed E-state index contributed by atoms with van der Waals surface area (Å²) in [5, 5.41) is 11.9. The Bertz CT molecular complexity index is 1070. The van der Waals surface area contributed by atoms with E-state index in [9.17, 15) is 0 Å². The summed E-state index contributed by atoms with van der Waals surface area (Å²) in [7, 11) is 0. The van der Waals surface area contributed by atoms with Crippen LogP contribution in [0.1, 0.15) is 24.0 Å². The standard InChI is InChI=1S/C19H16ClN5OS/c20-14-8-12-10-26-9-11-4-3-5-13(15(11)12)16(14)17-23-18(22)25-19(24-17)27-7-2-1-6-21/h3-5,8H,1-2,7,9-10H2,(H2,22,23,24,25). The smallest absolute Gasteiger partial charge is 0.224 e. The molecule has 0 saturated heterocycles. The number of unbranched alkanes of at least 4 members (excludes halogenated alkanes) is 1. The zero-order valence-electron chi connectivity index (χ0n) is 14.4. The second-order valence-corrected chi connectivity index (χ2v) is 7.60. The van der Waals surface area contributed by atoms with E-state index in [-0.39, 0.29) is 5.95 Å². The van der Waals surface area contributed by atoms with Crippen LogP contribution in [0.25, 0.3) is 22.2 Å². The lowest BCUT2D eigenvalue weighted by atomic mass is 9.94.